The van der Waals surface area contributed by atoms with Crippen molar-refractivity contribution >= 4 is 23.2 Å². The molecule has 0 aliphatic rings. The van der Waals surface area contributed by atoms with Crippen LogP contribution >= 0.6 is 11.3 Å². The van der Waals surface area contributed by atoms with Crippen molar-refractivity contribution in [3.05, 3.63) is 22.4 Å². The molecule has 0 spiro atoms. The number of nitrogens with one attached hydrogen (secondary N) is 1. The first-order valence-corrected chi connectivity index (χ1v) is 9.59. The van der Waals surface area contributed by atoms with E-state index < -0.39 is 0 Å². The number of thiophene rings is 1. The molecule has 23 heavy (non-hydrogen) atoms. The van der Waals surface area contributed by atoms with Crippen LogP contribution in [0.15, 0.2) is 17.5 Å². The highest BCUT2D eigenvalue weighted by Crippen LogP contribution is 2.09. The van der Waals surface area contributed by atoms with E-state index in [0.29, 0.717) is 18.0 Å². The summed E-state index contributed by atoms with van der Waals surface area (Å²) in [7, 11) is 0. The molecule has 0 aliphatic heterocycles. The number of hydrogen-bond donors (Lipinski definition) is 1. The van der Waals surface area contributed by atoms with Gasteiger partial charge in [0.2, 0.25) is 0 Å². The Balaban J connectivity index is 1.89. The summed E-state index contributed by atoms with van der Waals surface area (Å²) in [5.41, 5.74) is 0. The largest absolute Gasteiger partial charge is 0.466 e. The average molecular weight is 340 g/mol. The Kier molecular flexibility index (Phi) is 11.2. The van der Waals surface area contributed by atoms with Crippen LogP contribution in [0.2, 0.25) is 0 Å². The van der Waals surface area contributed by atoms with E-state index in [1.165, 1.54) is 49.9 Å². The van der Waals surface area contributed by atoms with Crippen LogP contribution in [0.4, 0.5) is 0 Å². The third kappa shape index (κ3) is 10.1. The Morgan fingerprint density at radius 3 is 2.43 bits per heavy atom. The topological polar surface area (TPSA) is 55.4 Å². The molecule has 1 heterocycles. The molecule has 0 unspecified atom stereocenters. The van der Waals surface area contributed by atoms with Crippen molar-refractivity contribution in [3.8, 4) is 0 Å². The Hall–Kier alpha value is -1.36. The monoisotopic (exact) mass is 339 g/mol. The predicted molar refractivity (Wildman–Crippen MR) is 94.8 cm³/mol. The van der Waals surface area contributed by atoms with Gasteiger partial charge in [0, 0.05) is 6.54 Å². The zero-order chi connectivity index (χ0) is 16.8. The Morgan fingerprint density at radius 1 is 1.09 bits per heavy atom. The van der Waals surface area contributed by atoms with Crippen LogP contribution in [0.1, 0.15) is 74.4 Å². The summed E-state index contributed by atoms with van der Waals surface area (Å²) >= 11 is 1.39. The quantitative estimate of drug-likeness (QED) is 0.423. The van der Waals surface area contributed by atoms with Gasteiger partial charge in [-0.25, -0.2) is 0 Å². The molecule has 0 saturated carbocycles. The Bertz CT molecular complexity index is 431. The van der Waals surface area contributed by atoms with E-state index in [1.807, 2.05) is 11.4 Å². The average Bonchev–Trinajstić information content (AvgIpc) is 3.08. The molecule has 5 heteroatoms. The lowest BCUT2D eigenvalue weighted by Crippen LogP contribution is -2.25. The zero-order valence-corrected chi connectivity index (χ0v) is 15.0. The number of rotatable bonds is 13. The molecule has 4 nitrogen and oxygen atoms in total. The van der Waals surface area contributed by atoms with Gasteiger partial charge in [-0.15, -0.1) is 11.3 Å². The van der Waals surface area contributed by atoms with Crippen LogP contribution in [-0.2, 0) is 9.53 Å². The third-order valence-corrected chi connectivity index (χ3v) is 4.49. The fourth-order valence-corrected chi connectivity index (χ4v) is 2.91. The number of ether oxygens (including phenoxy) is 1. The van der Waals surface area contributed by atoms with Crippen molar-refractivity contribution < 1.29 is 14.3 Å². The van der Waals surface area contributed by atoms with Crippen LogP contribution < -0.4 is 5.32 Å². The smallest absolute Gasteiger partial charge is 0.307 e. The summed E-state index contributed by atoms with van der Waals surface area (Å²) in [6, 6.07) is 3.60. The molecule has 1 N–H and O–H groups in total. The second kappa shape index (κ2) is 13.1. The van der Waals surface area contributed by atoms with Crippen molar-refractivity contribution in [1.82, 2.24) is 5.32 Å². The molecule has 130 valence electrons. The number of unbranched alkanes of at least 4 members (excludes halogenated alkanes) is 7. The molecule has 0 fully saturated rings. The van der Waals surface area contributed by atoms with E-state index in [1.54, 1.807) is 6.07 Å². The molecule has 0 aliphatic carbocycles. The molecule has 1 rings (SSSR count). The van der Waals surface area contributed by atoms with Crippen LogP contribution in [0.5, 0.6) is 0 Å². The molecular formula is C18H29NO3S. The van der Waals surface area contributed by atoms with Crippen molar-refractivity contribution in [2.75, 3.05) is 13.2 Å². The molecule has 0 atom stereocenters. The summed E-state index contributed by atoms with van der Waals surface area (Å²) in [4.78, 5) is 23.9. The van der Waals surface area contributed by atoms with Gasteiger partial charge in [-0.2, -0.15) is 0 Å². The lowest BCUT2D eigenvalue weighted by molar-refractivity contribution is -0.143. The Morgan fingerprint density at radius 2 is 1.78 bits per heavy atom. The maximum Gasteiger partial charge on any atom is 0.307 e. The maximum atomic E-state index is 11.7. The van der Waals surface area contributed by atoms with Crippen molar-refractivity contribution in [2.45, 2.75) is 64.7 Å². The normalized spacial score (nSPS) is 10.5. The number of amides is 1. The first kappa shape index (κ1) is 19.7. The van der Waals surface area contributed by atoms with Gasteiger partial charge in [0.15, 0.2) is 0 Å². The minimum Gasteiger partial charge on any atom is -0.466 e. The molecule has 1 aromatic rings. The summed E-state index contributed by atoms with van der Waals surface area (Å²) in [6.07, 6.45) is 10.1. The maximum absolute atomic E-state index is 11.7. The molecule has 1 aromatic heterocycles. The van der Waals surface area contributed by atoms with Crippen LogP contribution in [-0.4, -0.2) is 25.0 Å². The summed E-state index contributed by atoms with van der Waals surface area (Å²) < 4.78 is 5.17. The van der Waals surface area contributed by atoms with E-state index in [9.17, 15) is 9.59 Å². The van der Waals surface area contributed by atoms with Crippen molar-refractivity contribution in [2.24, 2.45) is 0 Å². The van der Waals surface area contributed by atoms with E-state index in [4.69, 9.17) is 4.74 Å². The van der Waals surface area contributed by atoms with Crippen molar-refractivity contribution in [1.29, 1.82) is 0 Å². The Labute approximate surface area is 143 Å². The minimum absolute atomic E-state index is 0.129. The SMILES string of the molecule is CCCCCCCCCCOC(=O)CCNC(=O)c1cccs1. The predicted octanol–water partition coefficient (Wildman–Crippen LogP) is 4.55. The molecule has 0 bridgehead atoms. The fourth-order valence-electron chi connectivity index (χ4n) is 2.27. The van der Waals surface area contributed by atoms with Crippen LogP contribution in [0, 0.1) is 0 Å². The molecule has 0 aromatic carbocycles. The van der Waals surface area contributed by atoms with Crippen LogP contribution in [0.25, 0.3) is 0 Å². The molecular weight excluding hydrogens is 310 g/mol. The van der Waals surface area contributed by atoms with Crippen LogP contribution in [0.3, 0.4) is 0 Å². The van der Waals surface area contributed by atoms with Gasteiger partial charge in [0.1, 0.15) is 0 Å². The molecule has 0 saturated heterocycles. The highest BCUT2D eigenvalue weighted by molar-refractivity contribution is 7.12. The van der Waals surface area contributed by atoms with Gasteiger partial charge < -0.3 is 10.1 Å². The number of carbonyl (C=O) groups is 2. The van der Waals surface area contributed by atoms with Gasteiger partial charge in [0.25, 0.3) is 5.91 Å². The van der Waals surface area contributed by atoms with E-state index in [-0.39, 0.29) is 18.3 Å². The van der Waals surface area contributed by atoms with Gasteiger partial charge in [-0.1, -0.05) is 57.9 Å². The van der Waals surface area contributed by atoms with E-state index >= 15 is 0 Å². The number of carbonyl (C=O) groups excluding carboxylic acids is 2. The second-order valence-electron chi connectivity index (χ2n) is 5.68. The summed E-state index contributed by atoms with van der Waals surface area (Å²) in [5.74, 6) is -0.365. The second-order valence-corrected chi connectivity index (χ2v) is 6.63. The van der Waals surface area contributed by atoms with Gasteiger partial charge in [0.05, 0.1) is 17.9 Å². The standard InChI is InChI=1S/C18H29NO3S/c1-2-3-4-5-6-7-8-9-14-22-17(20)12-13-19-18(21)16-11-10-15-23-16/h10-11,15H,2-9,12-14H2,1H3,(H,19,21). The number of esters is 1. The molecule has 0 radical (unpaired) electrons. The van der Waals surface area contributed by atoms with Gasteiger partial charge in [-0.3, -0.25) is 9.59 Å². The fraction of sp³-hybridized carbons (Fsp3) is 0.667. The molecule has 1 amide bonds. The number of hydrogen-bond acceptors (Lipinski definition) is 4. The highest BCUT2D eigenvalue weighted by atomic mass is 32.1. The first-order valence-electron chi connectivity index (χ1n) is 8.71. The van der Waals surface area contributed by atoms with E-state index in [0.717, 1.165) is 12.8 Å². The van der Waals surface area contributed by atoms with Gasteiger partial charge >= 0.3 is 5.97 Å². The van der Waals surface area contributed by atoms with Gasteiger partial charge in [-0.05, 0) is 17.9 Å². The lowest BCUT2D eigenvalue weighted by atomic mass is 10.1. The van der Waals surface area contributed by atoms with E-state index in [2.05, 4.69) is 12.2 Å². The third-order valence-electron chi connectivity index (χ3n) is 3.62. The first-order chi connectivity index (χ1) is 11.2. The lowest BCUT2D eigenvalue weighted by Gasteiger charge is -2.06. The zero-order valence-electron chi connectivity index (χ0n) is 14.1. The minimum atomic E-state index is -0.237. The summed E-state index contributed by atoms with van der Waals surface area (Å²) in [6.45, 7) is 3.04. The summed E-state index contributed by atoms with van der Waals surface area (Å²) in [5, 5.41) is 4.58. The van der Waals surface area contributed by atoms with Crippen molar-refractivity contribution in [3.63, 3.8) is 0 Å². The highest BCUT2D eigenvalue weighted by Gasteiger charge is 2.07.